The van der Waals surface area contributed by atoms with Gasteiger partial charge in [0.2, 0.25) is 5.91 Å². The highest BCUT2D eigenvalue weighted by atomic mass is 16.6. The van der Waals surface area contributed by atoms with Crippen molar-refractivity contribution in [3.05, 3.63) is 0 Å². The summed E-state index contributed by atoms with van der Waals surface area (Å²) in [6.45, 7) is 10.6. The van der Waals surface area contributed by atoms with Gasteiger partial charge in [-0.25, -0.2) is 9.59 Å². The summed E-state index contributed by atoms with van der Waals surface area (Å²) in [5, 5.41) is 5.01. The van der Waals surface area contributed by atoms with Crippen molar-refractivity contribution < 1.29 is 23.9 Å². The van der Waals surface area contributed by atoms with Gasteiger partial charge in [-0.1, -0.05) is 13.8 Å². The summed E-state index contributed by atoms with van der Waals surface area (Å²) in [6.07, 6.45) is -0.231. The minimum atomic E-state index is -0.825. The van der Waals surface area contributed by atoms with E-state index in [4.69, 9.17) is 4.74 Å². The van der Waals surface area contributed by atoms with Crippen molar-refractivity contribution in [2.24, 2.45) is 5.92 Å². The van der Waals surface area contributed by atoms with Crippen molar-refractivity contribution in [2.75, 3.05) is 7.11 Å². The molecule has 2 atom stereocenters. The fourth-order valence-corrected chi connectivity index (χ4v) is 1.67. The van der Waals surface area contributed by atoms with Crippen molar-refractivity contribution in [1.82, 2.24) is 10.6 Å². The lowest BCUT2D eigenvalue weighted by Crippen LogP contribution is -2.51. The molecule has 0 aromatic carbocycles. The Hall–Kier alpha value is -1.79. The quantitative estimate of drug-likeness (QED) is 0.726. The van der Waals surface area contributed by atoms with Gasteiger partial charge in [-0.2, -0.15) is 0 Å². The summed E-state index contributed by atoms with van der Waals surface area (Å²) in [5.74, 6) is -0.771. The second kappa shape index (κ2) is 8.60. The molecular weight excluding hydrogens is 288 g/mol. The molecule has 2 N–H and O–H groups in total. The summed E-state index contributed by atoms with van der Waals surface area (Å²) in [7, 11) is 1.27. The van der Waals surface area contributed by atoms with Gasteiger partial charge in [0.15, 0.2) is 0 Å². The lowest BCUT2D eigenvalue weighted by atomic mass is 10.0. The topological polar surface area (TPSA) is 93.7 Å². The van der Waals surface area contributed by atoms with Crippen LogP contribution in [0.4, 0.5) is 4.79 Å². The summed E-state index contributed by atoms with van der Waals surface area (Å²) in [4.78, 5) is 35.4. The Bertz CT molecular complexity index is 401. The van der Waals surface area contributed by atoms with E-state index in [1.807, 2.05) is 13.8 Å². The Morgan fingerprint density at radius 3 is 2.00 bits per heavy atom. The molecular formula is C15H28N2O5. The number of carbonyl (C=O) groups excluding carboxylic acids is 3. The van der Waals surface area contributed by atoms with Crippen LogP contribution in [-0.4, -0.2) is 42.8 Å². The molecule has 0 spiro atoms. The van der Waals surface area contributed by atoms with Gasteiger partial charge >= 0.3 is 12.1 Å². The number of amides is 2. The van der Waals surface area contributed by atoms with Gasteiger partial charge in [0.25, 0.3) is 0 Å². The minimum Gasteiger partial charge on any atom is -0.467 e. The van der Waals surface area contributed by atoms with Crippen molar-refractivity contribution in [1.29, 1.82) is 0 Å². The number of ether oxygens (including phenoxy) is 2. The third kappa shape index (κ3) is 8.49. The number of hydrogen-bond acceptors (Lipinski definition) is 5. The first-order chi connectivity index (χ1) is 9.96. The molecule has 128 valence electrons. The van der Waals surface area contributed by atoms with E-state index in [1.54, 1.807) is 20.8 Å². The molecule has 7 nitrogen and oxygen atoms in total. The zero-order chi connectivity index (χ0) is 17.5. The Balaban J connectivity index is 4.59. The van der Waals surface area contributed by atoms with Crippen LogP contribution < -0.4 is 10.6 Å². The highest BCUT2D eigenvalue weighted by Crippen LogP contribution is 2.08. The van der Waals surface area contributed by atoms with Crippen LogP contribution in [0.25, 0.3) is 0 Å². The maximum atomic E-state index is 12.1. The van der Waals surface area contributed by atoms with Gasteiger partial charge in [0, 0.05) is 0 Å². The Morgan fingerprint density at radius 2 is 1.59 bits per heavy atom. The molecule has 2 amide bonds. The molecule has 0 aromatic heterocycles. The number of methoxy groups -OCH3 is 1. The fraction of sp³-hybridized carbons (Fsp3) is 0.800. The average molecular weight is 316 g/mol. The number of rotatable bonds is 6. The second-order valence-electron chi connectivity index (χ2n) is 6.58. The van der Waals surface area contributed by atoms with Crippen LogP contribution in [0.3, 0.4) is 0 Å². The lowest BCUT2D eigenvalue weighted by molar-refractivity contribution is -0.145. The van der Waals surface area contributed by atoms with Crippen molar-refractivity contribution in [3.63, 3.8) is 0 Å². The molecule has 1 unspecified atom stereocenters. The highest BCUT2D eigenvalue weighted by Gasteiger charge is 2.26. The van der Waals surface area contributed by atoms with Crippen LogP contribution >= 0.6 is 0 Å². The van der Waals surface area contributed by atoms with E-state index in [9.17, 15) is 14.4 Å². The summed E-state index contributed by atoms with van der Waals surface area (Å²) < 4.78 is 9.75. The zero-order valence-electron chi connectivity index (χ0n) is 14.5. The predicted octanol–water partition coefficient (Wildman–Crippen LogP) is 1.60. The van der Waals surface area contributed by atoms with Crippen LogP contribution in [0.2, 0.25) is 0 Å². The van der Waals surface area contributed by atoms with E-state index in [0.29, 0.717) is 6.42 Å². The smallest absolute Gasteiger partial charge is 0.408 e. The minimum absolute atomic E-state index is 0.207. The first-order valence-corrected chi connectivity index (χ1v) is 7.34. The van der Waals surface area contributed by atoms with Crippen LogP contribution in [0, 0.1) is 5.92 Å². The third-order valence-corrected chi connectivity index (χ3v) is 2.64. The van der Waals surface area contributed by atoms with Crippen LogP contribution in [0.1, 0.15) is 48.0 Å². The number of nitrogens with one attached hydrogen (secondary N) is 2. The molecule has 0 radical (unpaired) electrons. The number of hydrogen-bond donors (Lipinski definition) is 2. The summed E-state index contributed by atoms with van der Waals surface area (Å²) in [5.41, 5.74) is -0.646. The predicted molar refractivity (Wildman–Crippen MR) is 82.2 cm³/mol. The van der Waals surface area contributed by atoms with Crippen molar-refractivity contribution in [3.8, 4) is 0 Å². The highest BCUT2D eigenvalue weighted by molar-refractivity contribution is 5.89. The maximum Gasteiger partial charge on any atom is 0.408 e. The fourth-order valence-electron chi connectivity index (χ4n) is 1.67. The van der Waals surface area contributed by atoms with Crippen molar-refractivity contribution >= 4 is 18.0 Å². The summed E-state index contributed by atoms with van der Waals surface area (Å²) >= 11 is 0. The van der Waals surface area contributed by atoms with E-state index >= 15 is 0 Å². The normalized spacial score (nSPS) is 14.0. The average Bonchev–Trinajstić information content (AvgIpc) is 2.33. The van der Waals surface area contributed by atoms with Gasteiger partial charge in [-0.05, 0) is 40.0 Å². The largest absolute Gasteiger partial charge is 0.467 e. The van der Waals surface area contributed by atoms with Gasteiger partial charge < -0.3 is 20.1 Å². The molecule has 0 aliphatic rings. The van der Waals surface area contributed by atoms with E-state index in [0.717, 1.165) is 0 Å². The first-order valence-electron chi connectivity index (χ1n) is 7.34. The second-order valence-corrected chi connectivity index (χ2v) is 6.58. The SMILES string of the molecule is COC(=O)C(CC(C)C)NC(=O)[C@H](C)NC(=O)OC(C)(C)C. The van der Waals surface area contributed by atoms with Crippen LogP contribution in [0.15, 0.2) is 0 Å². The van der Waals surface area contributed by atoms with E-state index in [1.165, 1.54) is 14.0 Å². The molecule has 22 heavy (non-hydrogen) atoms. The Morgan fingerprint density at radius 1 is 1.05 bits per heavy atom. The van der Waals surface area contributed by atoms with E-state index in [2.05, 4.69) is 15.4 Å². The monoisotopic (exact) mass is 316 g/mol. The van der Waals surface area contributed by atoms with E-state index < -0.39 is 35.7 Å². The molecule has 0 saturated carbocycles. The standard InChI is InChI=1S/C15H28N2O5/c1-9(2)8-11(13(19)21-7)17-12(18)10(3)16-14(20)22-15(4,5)6/h9-11H,8H2,1-7H3,(H,16,20)(H,17,18)/t10-,11?/m0/s1. The molecule has 0 heterocycles. The molecule has 0 fully saturated rings. The molecule has 0 bridgehead atoms. The maximum absolute atomic E-state index is 12.1. The van der Waals surface area contributed by atoms with Crippen molar-refractivity contribution in [2.45, 2.75) is 65.6 Å². The number of esters is 1. The molecule has 0 rings (SSSR count). The summed E-state index contributed by atoms with van der Waals surface area (Å²) in [6, 6.07) is -1.56. The van der Waals surface area contributed by atoms with Crippen LogP contribution in [-0.2, 0) is 19.1 Å². The number of carbonyl (C=O) groups is 3. The molecule has 0 aliphatic carbocycles. The van der Waals surface area contributed by atoms with E-state index in [-0.39, 0.29) is 5.92 Å². The molecule has 0 aromatic rings. The van der Waals surface area contributed by atoms with Gasteiger partial charge in [-0.15, -0.1) is 0 Å². The Kier molecular flexibility index (Phi) is 7.90. The molecule has 0 aliphatic heterocycles. The zero-order valence-corrected chi connectivity index (χ0v) is 14.5. The molecule has 0 saturated heterocycles. The van der Waals surface area contributed by atoms with Gasteiger partial charge in [-0.3, -0.25) is 4.79 Å². The third-order valence-electron chi connectivity index (χ3n) is 2.64. The lowest BCUT2D eigenvalue weighted by Gasteiger charge is -2.23. The number of alkyl carbamates (subject to hydrolysis) is 1. The molecule has 7 heteroatoms. The van der Waals surface area contributed by atoms with Crippen LogP contribution in [0.5, 0.6) is 0 Å². The first kappa shape index (κ1) is 20.2. The van der Waals surface area contributed by atoms with Gasteiger partial charge in [0.05, 0.1) is 7.11 Å². The van der Waals surface area contributed by atoms with Gasteiger partial charge in [0.1, 0.15) is 17.7 Å². The Labute approximate surface area is 132 Å².